The number of hydrogen-bond donors (Lipinski definition) is 1. The number of aryl methyl sites for hydroxylation is 1. The summed E-state index contributed by atoms with van der Waals surface area (Å²) >= 11 is 0. The molecule has 7 heteroatoms. The van der Waals surface area contributed by atoms with Crippen LogP contribution < -0.4 is 20.3 Å². The van der Waals surface area contributed by atoms with Crippen molar-refractivity contribution in [2.45, 2.75) is 26.8 Å². The van der Waals surface area contributed by atoms with Gasteiger partial charge in [0.15, 0.2) is 17.2 Å². The van der Waals surface area contributed by atoms with Crippen LogP contribution in [-0.2, 0) is 7.05 Å². The molecule has 1 atom stereocenters. The number of ether oxygens (including phenoxy) is 2. The summed E-state index contributed by atoms with van der Waals surface area (Å²) in [6.45, 7) is 6.75. The molecule has 0 spiro atoms. The normalized spacial score (nSPS) is 11.9. The SMILES string of the molecule is CCOc1ccc(C(C)NC(=O)c2nn(C)c(=O)c3ccccc23)cc1OCC. The van der Waals surface area contributed by atoms with Crippen molar-refractivity contribution in [3.8, 4) is 11.5 Å². The second kappa shape index (κ2) is 8.77. The lowest BCUT2D eigenvalue weighted by atomic mass is 10.1. The van der Waals surface area contributed by atoms with Crippen molar-refractivity contribution >= 4 is 16.7 Å². The Bertz CT molecular complexity index is 1090. The standard InChI is InChI=1S/C22H25N3O4/c1-5-28-18-12-11-15(13-19(18)29-6-2)14(3)23-21(26)20-16-9-7-8-10-17(16)22(27)25(4)24-20/h7-14H,5-6H2,1-4H3,(H,23,26). The molecule has 29 heavy (non-hydrogen) atoms. The molecular formula is C22H25N3O4. The molecule has 3 rings (SSSR count). The zero-order chi connectivity index (χ0) is 21.0. The minimum atomic E-state index is -0.351. The maximum absolute atomic E-state index is 12.9. The number of rotatable bonds is 7. The van der Waals surface area contributed by atoms with Gasteiger partial charge in [0.2, 0.25) is 0 Å². The van der Waals surface area contributed by atoms with E-state index in [-0.39, 0.29) is 23.2 Å². The maximum atomic E-state index is 12.9. The Kier molecular flexibility index (Phi) is 6.16. The molecule has 3 aromatic rings. The second-order valence-corrected chi connectivity index (χ2v) is 6.59. The van der Waals surface area contributed by atoms with E-state index in [2.05, 4.69) is 10.4 Å². The van der Waals surface area contributed by atoms with Crippen LogP contribution in [0.3, 0.4) is 0 Å². The molecule has 0 radical (unpaired) electrons. The highest BCUT2D eigenvalue weighted by Crippen LogP contribution is 2.31. The first-order valence-corrected chi connectivity index (χ1v) is 9.62. The summed E-state index contributed by atoms with van der Waals surface area (Å²) in [4.78, 5) is 25.2. The Balaban J connectivity index is 1.90. The molecule has 1 amide bonds. The molecule has 0 aliphatic heterocycles. The molecule has 0 aliphatic rings. The first-order chi connectivity index (χ1) is 14.0. The molecule has 0 fully saturated rings. The number of nitrogens with zero attached hydrogens (tertiary/aromatic N) is 2. The van der Waals surface area contributed by atoms with Crippen LogP contribution in [0.1, 0.15) is 42.9 Å². The van der Waals surface area contributed by atoms with Gasteiger partial charge in [-0.2, -0.15) is 5.10 Å². The molecule has 0 bridgehead atoms. The summed E-state index contributed by atoms with van der Waals surface area (Å²) in [5.74, 6) is 0.956. The highest BCUT2D eigenvalue weighted by molar-refractivity contribution is 6.04. The van der Waals surface area contributed by atoms with Gasteiger partial charge in [0.25, 0.3) is 11.5 Å². The summed E-state index contributed by atoms with van der Waals surface area (Å²) in [7, 11) is 1.54. The zero-order valence-electron chi connectivity index (χ0n) is 17.1. The zero-order valence-corrected chi connectivity index (χ0v) is 17.1. The highest BCUT2D eigenvalue weighted by atomic mass is 16.5. The van der Waals surface area contributed by atoms with E-state index in [0.29, 0.717) is 35.5 Å². The van der Waals surface area contributed by atoms with Crippen molar-refractivity contribution < 1.29 is 14.3 Å². The monoisotopic (exact) mass is 395 g/mol. The summed E-state index contributed by atoms with van der Waals surface area (Å²) in [5.41, 5.74) is 0.850. The summed E-state index contributed by atoms with van der Waals surface area (Å²) in [5, 5.41) is 8.13. The van der Waals surface area contributed by atoms with Gasteiger partial charge < -0.3 is 14.8 Å². The van der Waals surface area contributed by atoms with E-state index in [1.54, 1.807) is 24.3 Å². The maximum Gasteiger partial charge on any atom is 0.274 e. The quantitative estimate of drug-likeness (QED) is 0.664. The van der Waals surface area contributed by atoms with E-state index in [9.17, 15) is 9.59 Å². The van der Waals surface area contributed by atoms with Gasteiger partial charge in [0.05, 0.1) is 24.6 Å². The van der Waals surface area contributed by atoms with Gasteiger partial charge >= 0.3 is 0 Å². The van der Waals surface area contributed by atoms with Crippen LogP contribution in [0.2, 0.25) is 0 Å². The van der Waals surface area contributed by atoms with Crippen molar-refractivity contribution in [1.29, 1.82) is 0 Å². The van der Waals surface area contributed by atoms with Crippen LogP contribution in [0, 0.1) is 0 Å². The largest absolute Gasteiger partial charge is 0.490 e. The summed E-state index contributed by atoms with van der Waals surface area (Å²) in [6.07, 6.45) is 0. The lowest BCUT2D eigenvalue weighted by molar-refractivity contribution is 0.0934. The van der Waals surface area contributed by atoms with Gasteiger partial charge in [-0.25, -0.2) is 4.68 Å². The van der Waals surface area contributed by atoms with Gasteiger partial charge in [-0.15, -0.1) is 0 Å². The fourth-order valence-electron chi connectivity index (χ4n) is 3.15. The third-order valence-corrected chi connectivity index (χ3v) is 4.59. The Morgan fingerprint density at radius 3 is 2.41 bits per heavy atom. The minimum Gasteiger partial charge on any atom is -0.490 e. The Morgan fingerprint density at radius 1 is 1.07 bits per heavy atom. The molecule has 2 aromatic carbocycles. The fraction of sp³-hybridized carbons (Fsp3) is 0.318. The lowest BCUT2D eigenvalue weighted by Gasteiger charge is -2.18. The number of amides is 1. The fourth-order valence-corrected chi connectivity index (χ4v) is 3.15. The van der Waals surface area contributed by atoms with Crippen molar-refractivity contribution in [3.63, 3.8) is 0 Å². The number of carbonyl (C=O) groups excluding carboxylic acids is 1. The Hall–Kier alpha value is -3.35. The van der Waals surface area contributed by atoms with Gasteiger partial charge in [0, 0.05) is 12.4 Å². The van der Waals surface area contributed by atoms with Crippen molar-refractivity contribution in [2.24, 2.45) is 7.05 Å². The van der Waals surface area contributed by atoms with Gasteiger partial charge in [-0.05, 0) is 44.5 Å². The van der Waals surface area contributed by atoms with E-state index in [1.165, 1.54) is 11.7 Å². The van der Waals surface area contributed by atoms with Crippen LogP contribution in [0.25, 0.3) is 10.8 Å². The Morgan fingerprint density at radius 2 is 1.72 bits per heavy atom. The molecule has 0 saturated heterocycles. The van der Waals surface area contributed by atoms with E-state index in [0.717, 1.165) is 5.56 Å². The number of benzene rings is 2. The Labute approximate surface area is 169 Å². The summed E-state index contributed by atoms with van der Waals surface area (Å²) in [6, 6.07) is 12.3. The van der Waals surface area contributed by atoms with Crippen molar-refractivity contribution in [3.05, 3.63) is 64.1 Å². The number of fused-ring (bicyclic) bond motifs is 1. The second-order valence-electron chi connectivity index (χ2n) is 6.59. The topological polar surface area (TPSA) is 82.5 Å². The van der Waals surface area contributed by atoms with E-state index in [1.807, 2.05) is 39.0 Å². The molecule has 7 nitrogen and oxygen atoms in total. The van der Waals surface area contributed by atoms with Crippen molar-refractivity contribution in [2.75, 3.05) is 13.2 Å². The van der Waals surface area contributed by atoms with Crippen molar-refractivity contribution in [1.82, 2.24) is 15.1 Å². The lowest BCUT2D eigenvalue weighted by Crippen LogP contribution is -2.31. The average Bonchev–Trinajstić information content (AvgIpc) is 2.72. The molecular weight excluding hydrogens is 370 g/mol. The first kappa shape index (κ1) is 20.4. The van der Waals surface area contributed by atoms with Crippen LogP contribution in [0.5, 0.6) is 11.5 Å². The number of hydrogen-bond acceptors (Lipinski definition) is 5. The summed E-state index contributed by atoms with van der Waals surface area (Å²) < 4.78 is 12.4. The van der Waals surface area contributed by atoms with E-state index >= 15 is 0 Å². The highest BCUT2D eigenvalue weighted by Gasteiger charge is 2.19. The van der Waals surface area contributed by atoms with Gasteiger partial charge in [0.1, 0.15) is 0 Å². The molecule has 1 N–H and O–H groups in total. The van der Waals surface area contributed by atoms with Crippen LogP contribution in [-0.4, -0.2) is 28.9 Å². The third kappa shape index (κ3) is 4.23. The van der Waals surface area contributed by atoms with E-state index in [4.69, 9.17) is 9.47 Å². The predicted molar refractivity (Wildman–Crippen MR) is 112 cm³/mol. The van der Waals surface area contributed by atoms with Crippen LogP contribution in [0.15, 0.2) is 47.3 Å². The predicted octanol–water partition coefficient (Wildman–Crippen LogP) is 3.22. The first-order valence-electron chi connectivity index (χ1n) is 9.62. The number of carbonyl (C=O) groups is 1. The molecule has 0 saturated carbocycles. The van der Waals surface area contributed by atoms with Gasteiger partial charge in [-0.1, -0.05) is 24.3 Å². The minimum absolute atomic E-state index is 0.213. The molecule has 152 valence electrons. The number of aromatic nitrogens is 2. The smallest absolute Gasteiger partial charge is 0.274 e. The molecule has 1 unspecified atom stereocenters. The van der Waals surface area contributed by atoms with E-state index < -0.39 is 0 Å². The van der Waals surface area contributed by atoms with Gasteiger partial charge in [-0.3, -0.25) is 9.59 Å². The number of nitrogens with one attached hydrogen (secondary N) is 1. The molecule has 1 heterocycles. The molecule has 0 aliphatic carbocycles. The third-order valence-electron chi connectivity index (χ3n) is 4.59. The van der Waals surface area contributed by atoms with Crippen LogP contribution >= 0.6 is 0 Å². The van der Waals surface area contributed by atoms with Crippen LogP contribution in [0.4, 0.5) is 0 Å². The average molecular weight is 395 g/mol. The molecule has 1 aromatic heterocycles.